The maximum Gasteiger partial charge on any atom is 0.232 e. The van der Waals surface area contributed by atoms with E-state index in [9.17, 15) is 14.6 Å². The van der Waals surface area contributed by atoms with Crippen molar-refractivity contribution in [2.24, 2.45) is 0 Å². The van der Waals surface area contributed by atoms with Crippen molar-refractivity contribution < 1.29 is 24.1 Å². The van der Waals surface area contributed by atoms with Crippen molar-refractivity contribution in [3.8, 4) is 11.6 Å². The van der Waals surface area contributed by atoms with Gasteiger partial charge in [0.25, 0.3) is 0 Å². The summed E-state index contributed by atoms with van der Waals surface area (Å²) in [5.41, 5.74) is -0.0363. The topological polar surface area (TPSA) is 87.9 Å². The van der Waals surface area contributed by atoms with Crippen LogP contribution in [0.4, 0.5) is 10.1 Å². The van der Waals surface area contributed by atoms with Crippen molar-refractivity contribution in [1.82, 2.24) is 9.97 Å². The molecule has 3 aromatic rings. The minimum Gasteiger partial charge on any atom is -0.488 e. The molecule has 1 aliphatic heterocycles. The maximum absolute atomic E-state index is 14.2. The number of fused-ring (bicyclic) bond motifs is 1. The Kier molecular flexibility index (Phi) is 5.64. The molecular weight excluding hydrogens is 413 g/mol. The van der Waals surface area contributed by atoms with E-state index in [1.165, 1.54) is 19.4 Å². The fraction of sp³-hybridized carbons (Fsp3) is 0.333. The number of hydrogen-bond acceptors (Lipinski definition) is 7. The molecule has 1 saturated heterocycles. The van der Waals surface area contributed by atoms with Crippen LogP contribution in [0.25, 0.3) is 11.0 Å². The summed E-state index contributed by atoms with van der Waals surface area (Å²) in [6.07, 6.45) is 0.542. The van der Waals surface area contributed by atoms with E-state index in [0.717, 1.165) is 0 Å². The zero-order valence-corrected chi connectivity index (χ0v) is 17.0. The molecule has 4 rings (SSSR count). The van der Waals surface area contributed by atoms with Crippen molar-refractivity contribution >= 4 is 28.3 Å². The lowest BCUT2D eigenvalue weighted by Gasteiger charge is -2.42. The molecule has 2 N–H and O–H groups in total. The van der Waals surface area contributed by atoms with Crippen LogP contribution in [0, 0.1) is 5.82 Å². The second kappa shape index (κ2) is 8.22. The molecule has 0 aliphatic carbocycles. The third-order valence-electron chi connectivity index (χ3n) is 5.28. The van der Waals surface area contributed by atoms with Crippen LogP contribution >= 0.6 is 11.6 Å². The highest BCUT2D eigenvalue weighted by Gasteiger charge is 2.42. The number of piperidine rings is 1. The molecule has 0 spiro atoms. The molecule has 0 radical (unpaired) electrons. The number of nitrogens with zero attached hydrogens (tertiary/aromatic N) is 3. The Balaban J connectivity index is 1.47. The lowest BCUT2D eigenvalue weighted by atomic mass is 9.89. The summed E-state index contributed by atoms with van der Waals surface area (Å²) in [5, 5.41) is 21.9. The number of benzene rings is 2. The normalized spacial score (nSPS) is 21.6. The fourth-order valence-corrected chi connectivity index (χ4v) is 3.66. The van der Waals surface area contributed by atoms with Crippen LogP contribution < -0.4 is 14.4 Å². The van der Waals surface area contributed by atoms with Gasteiger partial charge in [-0.2, -0.15) is 0 Å². The zero-order valence-electron chi connectivity index (χ0n) is 16.3. The molecule has 158 valence electrons. The number of aliphatic hydroxyl groups excluding tert-OH is 1. The minimum absolute atomic E-state index is 0.0605. The predicted molar refractivity (Wildman–Crippen MR) is 111 cm³/mol. The number of para-hydroxylation sites is 1. The molecule has 1 aliphatic rings. The van der Waals surface area contributed by atoms with E-state index in [4.69, 9.17) is 21.1 Å². The highest BCUT2D eigenvalue weighted by atomic mass is 35.5. The molecule has 0 saturated carbocycles. The van der Waals surface area contributed by atoms with E-state index >= 15 is 0 Å². The average molecular weight is 434 g/mol. The van der Waals surface area contributed by atoms with E-state index in [1.54, 1.807) is 35.2 Å². The molecule has 2 atom stereocenters. The predicted octanol–water partition coefficient (Wildman–Crippen LogP) is 2.81. The van der Waals surface area contributed by atoms with Crippen LogP contribution in [-0.2, 0) is 0 Å². The van der Waals surface area contributed by atoms with Gasteiger partial charge in [-0.05, 0) is 36.8 Å². The molecule has 0 amide bonds. The third kappa shape index (κ3) is 3.98. The summed E-state index contributed by atoms with van der Waals surface area (Å²) in [4.78, 5) is 10.3. The van der Waals surface area contributed by atoms with Crippen LogP contribution in [0.2, 0.25) is 5.02 Å². The first-order valence-electron chi connectivity index (χ1n) is 9.42. The minimum atomic E-state index is -1.48. The Morgan fingerprint density at radius 1 is 1.33 bits per heavy atom. The first kappa shape index (κ1) is 20.6. The SMILES string of the molecule is COc1cnc2c(OC[C@]3(O)CCN(c4ccc(Cl)cc4F)C[C@H]3O)cccc2n1. The smallest absolute Gasteiger partial charge is 0.232 e. The number of aromatic nitrogens is 2. The Bertz CT molecular complexity index is 1070. The van der Waals surface area contributed by atoms with Crippen molar-refractivity contribution in [2.45, 2.75) is 18.1 Å². The average Bonchev–Trinajstić information content (AvgIpc) is 2.74. The van der Waals surface area contributed by atoms with E-state index in [1.807, 2.05) is 0 Å². The molecule has 1 aromatic heterocycles. The van der Waals surface area contributed by atoms with Gasteiger partial charge in [-0.15, -0.1) is 0 Å². The molecule has 30 heavy (non-hydrogen) atoms. The van der Waals surface area contributed by atoms with Crippen LogP contribution in [0.3, 0.4) is 0 Å². The summed E-state index contributed by atoms with van der Waals surface area (Å²) >= 11 is 5.81. The lowest BCUT2D eigenvalue weighted by molar-refractivity contribution is -0.108. The number of anilines is 1. The van der Waals surface area contributed by atoms with Gasteiger partial charge in [-0.25, -0.2) is 14.4 Å². The van der Waals surface area contributed by atoms with Crippen molar-refractivity contribution in [3.05, 3.63) is 53.4 Å². The van der Waals surface area contributed by atoms with E-state index < -0.39 is 17.5 Å². The van der Waals surface area contributed by atoms with Gasteiger partial charge in [0.2, 0.25) is 5.88 Å². The second-order valence-corrected chi connectivity index (χ2v) is 7.67. The Morgan fingerprint density at radius 3 is 2.90 bits per heavy atom. The van der Waals surface area contributed by atoms with Crippen molar-refractivity contribution in [2.75, 3.05) is 31.7 Å². The monoisotopic (exact) mass is 433 g/mol. The summed E-state index contributed by atoms with van der Waals surface area (Å²) in [6, 6.07) is 9.64. The van der Waals surface area contributed by atoms with Crippen molar-refractivity contribution in [1.29, 1.82) is 0 Å². The Labute approximate surface area is 177 Å². The highest BCUT2D eigenvalue weighted by Crippen LogP contribution is 2.31. The number of β-amino-alcohol motifs (C(OH)–C–C–N with tert-alkyl or cyclic N) is 1. The maximum atomic E-state index is 14.2. The van der Waals surface area contributed by atoms with Gasteiger partial charge in [0.1, 0.15) is 35.4 Å². The summed E-state index contributed by atoms with van der Waals surface area (Å²) in [5.74, 6) is 0.353. The van der Waals surface area contributed by atoms with Gasteiger partial charge in [0.15, 0.2) is 0 Å². The van der Waals surface area contributed by atoms with Gasteiger partial charge >= 0.3 is 0 Å². The first-order chi connectivity index (χ1) is 14.4. The van der Waals surface area contributed by atoms with E-state index in [0.29, 0.717) is 39.9 Å². The van der Waals surface area contributed by atoms with Gasteiger partial charge < -0.3 is 24.6 Å². The van der Waals surface area contributed by atoms with Crippen LogP contribution in [-0.4, -0.2) is 58.7 Å². The number of hydrogen-bond donors (Lipinski definition) is 2. The molecule has 7 nitrogen and oxygen atoms in total. The molecule has 2 heterocycles. The van der Waals surface area contributed by atoms with Gasteiger partial charge in [-0.3, -0.25) is 0 Å². The molecule has 0 bridgehead atoms. The number of aliphatic hydroxyl groups is 2. The summed E-state index contributed by atoms with van der Waals surface area (Å²) in [7, 11) is 1.51. The number of methoxy groups -OCH3 is 1. The van der Waals surface area contributed by atoms with Crippen LogP contribution in [0.5, 0.6) is 11.6 Å². The largest absolute Gasteiger partial charge is 0.488 e. The Hall–Kier alpha value is -2.68. The molecule has 2 aromatic carbocycles. The quantitative estimate of drug-likeness (QED) is 0.639. The molecular formula is C21H21ClFN3O4. The Morgan fingerprint density at radius 2 is 2.17 bits per heavy atom. The zero-order chi connectivity index (χ0) is 21.3. The van der Waals surface area contributed by atoms with Gasteiger partial charge in [-0.1, -0.05) is 17.7 Å². The van der Waals surface area contributed by atoms with Gasteiger partial charge in [0.05, 0.1) is 24.5 Å². The number of halogens is 2. The summed E-state index contributed by atoms with van der Waals surface area (Å²) < 4.78 is 25.1. The van der Waals surface area contributed by atoms with Crippen LogP contribution in [0.1, 0.15) is 6.42 Å². The second-order valence-electron chi connectivity index (χ2n) is 7.24. The first-order valence-corrected chi connectivity index (χ1v) is 9.80. The fourth-order valence-electron chi connectivity index (χ4n) is 3.51. The standard InChI is InChI=1S/C21H21ClFN3O4/c1-29-19-10-24-20-15(25-19)3-2-4-17(20)30-12-21(28)7-8-26(11-18(21)27)16-6-5-13(22)9-14(16)23/h2-6,9-10,18,27-28H,7-8,11-12H2,1H3/t18-,21-/m1/s1. The number of ether oxygens (including phenoxy) is 2. The molecule has 9 heteroatoms. The lowest BCUT2D eigenvalue weighted by Crippen LogP contribution is -2.58. The van der Waals surface area contributed by atoms with Crippen LogP contribution in [0.15, 0.2) is 42.6 Å². The summed E-state index contributed by atoms with van der Waals surface area (Å²) in [6.45, 7) is 0.269. The van der Waals surface area contributed by atoms with Gasteiger partial charge in [0, 0.05) is 18.1 Å². The van der Waals surface area contributed by atoms with Crippen molar-refractivity contribution in [3.63, 3.8) is 0 Å². The van der Waals surface area contributed by atoms with E-state index in [-0.39, 0.29) is 19.6 Å². The number of rotatable bonds is 5. The third-order valence-corrected chi connectivity index (χ3v) is 5.51. The molecule has 1 fully saturated rings. The molecule has 0 unspecified atom stereocenters. The van der Waals surface area contributed by atoms with E-state index in [2.05, 4.69) is 9.97 Å². The highest BCUT2D eigenvalue weighted by molar-refractivity contribution is 6.30.